The van der Waals surface area contributed by atoms with Crippen LogP contribution in [0.5, 0.6) is 0 Å². The van der Waals surface area contributed by atoms with Crippen LogP contribution in [0.1, 0.15) is 61.9 Å². The summed E-state index contributed by atoms with van der Waals surface area (Å²) in [5.41, 5.74) is 7.77. The Bertz CT molecular complexity index is 649. The molecule has 28 heavy (non-hydrogen) atoms. The second-order valence-electron chi connectivity index (χ2n) is 7.85. The fraction of sp³-hybridized carbons (Fsp3) is 0.619. The van der Waals surface area contributed by atoms with Crippen molar-refractivity contribution in [3.63, 3.8) is 0 Å². The van der Waals surface area contributed by atoms with Crippen molar-refractivity contribution in [1.29, 1.82) is 0 Å². The van der Waals surface area contributed by atoms with Crippen LogP contribution in [0.15, 0.2) is 29.3 Å². The maximum Gasteiger partial charge on any atom is 0.254 e. The average Bonchev–Trinajstić information content (AvgIpc) is 2.66. The lowest BCUT2D eigenvalue weighted by molar-refractivity contribution is -0.0586. The van der Waals surface area contributed by atoms with Crippen LogP contribution in [-0.4, -0.2) is 48.1 Å². The Labute approximate surface area is 185 Å². The van der Waals surface area contributed by atoms with E-state index in [-0.39, 0.29) is 42.1 Å². The zero-order chi connectivity index (χ0) is 19.2. The first-order valence-corrected chi connectivity index (χ1v) is 10.1. The van der Waals surface area contributed by atoms with E-state index in [1.54, 1.807) is 0 Å². The van der Waals surface area contributed by atoms with Gasteiger partial charge in [-0.15, -0.1) is 24.0 Å². The molecular formula is C21H33IN4O2. The number of guanidine groups is 1. The minimum atomic E-state index is 0. The molecule has 2 fully saturated rings. The molecule has 6 nitrogen and oxygen atoms in total. The molecule has 2 aliphatic rings. The largest absolute Gasteiger partial charge is 0.372 e. The van der Waals surface area contributed by atoms with Gasteiger partial charge in [-0.25, -0.2) is 4.99 Å². The van der Waals surface area contributed by atoms with E-state index in [9.17, 15) is 4.79 Å². The van der Waals surface area contributed by atoms with Crippen LogP contribution in [0.4, 0.5) is 0 Å². The maximum absolute atomic E-state index is 12.7. The lowest BCUT2D eigenvalue weighted by atomic mass is 9.96. The fourth-order valence-corrected chi connectivity index (χ4v) is 3.96. The van der Waals surface area contributed by atoms with Gasteiger partial charge in [0.1, 0.15) is 0 Å². The standard InChI is InChI=1S/C21H32N4O2.HI/c1-15-13-25(14-16(2)27-15)20(26)18-10-8-17(9-11-18)12-23-21(22)24-19-6-4-3-5-7-19;/h8-11,15-16,19H,3-7,12-14H2,1-2H3,(H3,22,23,24);1H. The number of hydrogen-bond acceptors (Lipinski definition) is 3. The minimum Gasteiger partial charge on any atom is -0.372 e. The molecule has 1 aliphatic carbocycles. The SMILES string of the molecule is CC1CN(C(=O)c2ccc(CN=C(N)NC3CCCCC3)cc2)CC(C)O1.I. The second-order valence-corrected chi connectivity index (χ2v) is 7.85. The number of nitrogens with one attached hydrogen (secondary N) is 1. The highest BCUT2D eigenvalue weighted by Crippen LogP contribution is 2.17. The van der Waals surface area contributed by atoms with Crippen molar-refractivity contribution in [1.82, 2.24) is 10.2 Å². The molecular weight excluding hydrogens is 467 g/mol. The minimum absolute atomic E-state index is 0. The van der Waals surface area contributed by atoms with Gasteiger partial charge in [-0.2, -0.15) is 0 Å². The molecule has 7 heteroatoms. The van der Waals surface area contributed by atoms with Crippen LogP contribution >= 0.6 is 24.0 Å². The van der Waals surface area contributed by atoms with E-state index < -0.39 is 0 Å². The van der Waals surface area contributed by atoms with Crippen molar-refractivity contribution in [2.75, 3.05) is 13.1 Å². The van der Waals surface area contributed by atoms with Crippen LogP contribution in [0.2, 0.25) is 0 Å². The monoisotopic (exact) mass is 500 g/mol. The van der Waals surface area contributed by atoms with Gasteiger partial charge in [-0.3, -0.25) is 4.79 Å². The molecule has 156 valence electrons. The van der Waals surface area contributed by atoms with E-state index in [0.29, 0.717) is 37.2 Å². The lowest BCUT2D eigenvalue weighted by Crippen LogP contribution is -2.48. The zero-order valence-corrected chi connectivity index (χ0v) is 19.2. The summed E-state index contributed by atoms with van der Waals surface area (Å²) >= 11 is 0. The normalized spacial score (nSPS) is 23.8. The van der Waals surface area contributed by atoms with Gasteiger partial charge in [0.05, 0.1) is 18.8 Å². The number of rotatable bonds is 4. The third kappa shape index (κ3) is 6.62. The van der Waals surface area contributed by atoms with Crippen LogP contribution in [0.25, 0.3) is 0 Å². The number of amides is 1. The summed E-state index contributed by atoms with van der Waals surface area (Å²) in [5, 5.41) is 3.33. The van der Waals surface area contributed by atoms with Crippen LogP contribution in [-0.2, 0) is 11.3 Å². The first kappa shape index (κ1) is 22.9. The van der Waals surface area contributed by atoms with E-state index in [1.807, 2.05) is 43.0 Å². The lowest BCUT2D eigenvalue weighted by Gasteiger charge is -2.35. The number of nitrogens with two attached hydrogens (primary N) is 1. The Hall–Kier alpha value is -1.35. The van der Waals surface area contributed by atoms with Gasteiger partial charge in [-0.05, 0) is 44.4 Å². The summed E-state index contributed by atoms with van der Waals surface area (Å²) in [4.78, 5) is 19.0. The third-order valence-corrected chi connectivity index (χ3v) is 5.30. The van der Waals surface area contributed by atoms with Crippen molar-refractivity contribution in [3.8, 4) is 0 Å². The molecule has 1 aromatic rings. The molecule has 2 unspecified atom stereocenters. The van der Waals surface area contributed by atoms with E-state index in [1.165, 1.54) is 32.1 Å². The summed E-state index contributed by atoms with van der Waals surface area (Å²) in [7, 11) is 0. The highest BCUT2D eigenvalue weighted by atomic mass is 127. The highest BCUT2D eigenvalue weighted by Gasteiger charge is 2.26. The Morgan fingerprint density at radius 1 is 1.14 bits per heavy atom. The average molecular weight is 500 g/mol. The molecule has 2 atom stereocenters. The van der Waals surface area contributed by atoms with Crippen molar-refractivity contribution in [2.24, 2.45) is 10.7 Å². The topological polar surface area (TPSA) is 80.0 Å². The second kappa shape index (κ2) is 11.0. The molecule has 1 saturated heterocycles. The molecule has 3 rings (SSSR count). The predicted molar refractivity (Wildman–Crippen MR) is 123 cm³/mol. The smallest absolute Gasteiger partial charge is 0.254 e. The summed E-state index contributed by atoms with van der Waals surface area (Å²) in [6.07, 6.45) is 6.35. The quantitative estimate of drug-likeness (QED) is 0.378. The van der Waals surface area contributed by atoms with Gasteiger partial charge in [0, 0.05) is 24.7 Å². The zero-order valence-electron chi connectivity index (χ0n) is 16.9. The van der Waals surface area contributed by atoms with Crippen LogP contribution in [0, 0.1) is 0 Å². The van der Waals surface area contributed by atoms with Crippen LogP contribution in [0.3, 0.4) is 0 Å². The number of hydrogen-bond donors (Lipinski definition) is 2. The Balaban J connectivity index is 0.00000280. The van der Waals surface area contributed by atoms with E-state index in [4.69, 9.17) is 10.5 Å². The summed E-state index contributed by atoms with van der Waals surface area (Å²) < 4.78 is 5.70. The molecule has 1 aliphatic heterocycles. The van der Waals surface area contributed by atoms with Gasteiger partial charge >= 0.3 is 0 Å². The number of carbonyl (C=O) groups excluding carboxylic acids is 1. The maximum atomic E-state index is 12.7. The summed E-state index contributed by atoms with van der Waals surface area (Å²) in [6, 6.07) is 8.13. The van der Waals surface area contributed by atoms with Gasteiger partial charge < -0.3 is 20.7 Å². The van der Waals surface area contributed by atoms with Crippen molar-refractivity contribution >= 4 is 35.8 Å². The first-order chi connectivity index (χ1) is 13.0. The van der Waals surface area contributed by atoms with Gasteiger partial charge in [0.15, 0.2) is 5.96 Å². The van der Waals surface area contributed by atoms with Gasteiger partial charge in [0.25, 0.3) is 5.91 Å². The van der Waals surface area contributed by atoms with Crippen molar-refractivity contribution < 1.29 is 9.53 Å². The molecule has 1 amide bonds. The first-order valence-electron chi connectivity index (χ1n) is 10.1. The number of ether oxygens (including phenoxy) is 1. The number of halogens is 1. The Morgan fingerprint density at radius 3 is 2.36 bits per heavy atom. The number of aliphatic imine (C=N–C) groups is 1. The van der Waals surface area contributed by atoms with Crippen molar-refractivity contribution in [3.05, 3.63) is 35.4 Å². The summed E-state index contributed by atoms with van der Waals surface area (Å²) in [6.45, 7) is 5.80. The molecule has 1 aromatic carbocycles. The van der Waals surface area contributed by atoms with Gasteiger partial charge in [0.2, 0.25) is 0 Å². The molecule has 0 aromatic heterocycles. The molecule has 3 N–H and O–H groups in total. The highest BCUT2D eigenvalue weighted by molar-refractivity contribution is 14.0. The fourth-order valence-electron chi connectivity index (χ4n) is 3.96. The molecule has 0 bridgehead atoms. The number of carbonyl (C=O) groups is 1. The molecule has 1 heterocycles. The van der Waals surface area contributed by atoms with Crippen LogP contribution < -0.4 is 11.1 Å². The third-order valence-electron chi connectivity index (χ3n) is 5.30. The molecule has 0 radical (unpaired) electrons. The number of benzene rings is 1. The number of morpholine rings is 1. The summed E-state index contributed by atoms with van der Waals surface area (Å²) in [5.74, 6) is 0.573. The Kier molecular flexibility index (Phi) is 9.01. The molecule has 1 saturated carbocycles. The van der Waals surface area contributed by atoms with Crippen molar-refractivity contribution in [2.45, 2.75) is 70.7 Å². The van der Waals surface area contributed by atoms with Gasteiger partial charge in [-0.1, -0.05) is 31.4 Å². The predicted octanol–water partition coefficient (Wildman–Crippen LogP) is 3.29. The van der Waals surface area contributed by atoms with E-state index in [0.717, 1.165) is 5.56 Å². The number of nitrogens with zero attached hydrogens (tertiary/aromatic N) is 2. The van der Waals surface area contributed by atoms with E-state index in [2.05, 4.69) is 10.3 Å². The Morgan fingerprint density at radius 2 is 1.75 bits per heavy atom. The van der Waals surface area contributed by atoms with E-state index >= 15 is 0 Å². The molecule has 0 spiro atoms.